The number of anilines is 1. The second-order valence-corrected chi connectivity index (χ2v) is 9.93. The molecule has 0 radical (unpaired) electrons. The molecule has 2 saturated carbocycles. The van der Waals surface area contributed by atoms with Crippen molar-refractivity contribution < 1.29 is 13.2 Å². The zero-order valence-corrected chi connectivity index (χ0v) is 16.9. The topological polar surface area (TPSA) is 66.5 Å². The predicted molar refractivity (Wildman–Crippen MR) is 111 cm³/mol. The summed E-state index contributed by atoms with van der Waals surface area (Å²) in [5.74, 6) is 1.11. The Morgan fingerprint density at radius 2 is 1.75 bits per heavy atom. The van der Waals surface area contributed by atoms with Gasteiger partial charge in [-0.15, -0.1) is 0 Å². The van der Waals surface area contributed by atoms with E-state index in [4.69, 9.17) is 0 Å². The largest absolute Gasteiger partial charge is 0.349 e. The van der Waals surface area contributed by atoms with Crippen molar-refractivity contribution in [1.29, 1.82) is 0 Å². The molecule has 2 aliphatic rings. The van der Waals surface area contributed by atoms with Gasteiger partial charge in [0.1, 0.15) is 0 Å². The summed E-state index contributed by atoms with van der Waals surface area (Å²) >= 11 is 0. The molecule has 0 saturated heterocycles. The highest BCUT2D eigenvalue weighted by Gasteiger charge is 2.40. The lowest BCUT2D eigenvalue weighted by molar-refractivity contribution is 0.0923. The number of nitrogens with zero attached hydrogens (tertiary/aromatic N) is 1. The van der Waals surface area contributed by atoms with Crippen molar-refractivity contribution in [3.8, 4) is 0 Å². The highest BCUT2D eigenvalue weighted by molar-refractivity contribution is 7.92. The van der Waals surface area contributed by atoms with Crippen molar-refractivity contribution >= 4 is 21.6 Å². The molecule has 3 atom stereocenters. The van der Waals surface area contributed by atoms with Crippen LogP contribution in [0.15, 0.2) is 54.6 Å². The maximum Gasteiger partial charge on any atom is 0.253 e. The number of carbonyl (C=O) groups is 1. The lowest BCUT2D eigenvalue weighted by Gasteiger charge is -2.27. The van der Waals surface area contributed by atoms with Crippen LogP contribution in [0, 0.1) is 11.8 Å². The van der Waals surface area contributed by atoms with Crippen LogP contribution in [0.4, 0.5) is 5.69 Å². The number of benzene rings is 2. The van der Waals surface area contributed by atoms with Gasteiger partial charge in [0.25, 0.3) is 5.91 Å². The van der Waals surface area contributed by atoms with Crippen LogP contribution < -0.4 is 9.62 Å². The Morgan fingerprint density at radius 1 is 1.04 bits per heavy atom. The molecule has 2 bridgehead atoms. The van der Waals surface area contributed by atoms with Gasteiger partial charge in [-0.25, -0.2) is 8.42 Å². The molecule has 148 valence electrons. The van der Waals surface area contributed by atoms with Crippen LogP contribution in [0.25, 0.3) is 0 Å². The maximum absolute atomic E-state index is 13.0. The van der Waals surface area contributed by atoms with Crippen molar-refractivity contribution in [2.45, 2.75) is 38.3 Å². The van der Waals surface area contributed by atoms with Crippen molar-refractivity contribution in [2.24, 2.45) is 11.8 Å². The quantitative estimate of drug-likeness (QED) is 0.809. The molecular weight excluding hydrogens is 372 g/mol. The van der Waals surface area contributed by atoms with Gasteiger partial charge < -0.3 is 5.32 Å². The summed E-state index contributed by atoms with van der Waals surface area (Å²) in [4.78, 5) is 13.0. The Hall–Kier alpha value is -2.34. The third kappa shape index (κ3) is 3.92. The molecule has 0 heterocycles. The van der Waals surface area contributed by atoms with Crippen LogP contribution in [0.3, 0.4) is 0 Å². The number of nitrogens with one attached hydrogen (secondary N) is 1. The molecule has 0 aromatic heterocycles. The van der Waals surface area contributed by atoms with Crippen LogP contribution >= 0.6 is 0 Å². The first kappa shape index (κ1) is 19.0. The molecule has 6 heteroatoms. The van der Waals surface area contributed by atoms with E-state index in [2.05, 4.69) is 5.32 Å². The number of carbonyl (C=O) groups excluding carboxylic acids is 1. The number of fused-ring (bicyclic) bond motifs is 2. The predicted octanol–water partition coefficient (Wildman–Crippen LogP) is 3.57. The number of rotatable bonds is 6. The summed E-state index contributed by atoms with van der Waals surface area (Å²) in [6.45, 7) is 0.193. The highest BCUT2D eigenvalue weighted by Crippen LogP contribution is 2.44. The van der Waals surface area contributed by atoms with E-state index in [-0.39, 0.29) is 18.5 Å². The standard InChI is InChI=1S/C22H26N2O3S/c1-28(26,27)24(15-16-7-3-2-4-8-16)21-10-6-5-9-19(21)22(25)23-20-14-17-11-12-18(20)13-17/h2-10,17-18,20H,11-15H2,1H3,(H,23,25)/t17-,18+,20+/m0/s1. The van der Waals surface area contributed by atoms with Crippen molar-refractivity contribution in [2.75, 3.05) is 10.6 Å². The van der Waals surface area contributed by atoms with Gasteiger partial charge in [0.15, 0.2) is 0 Å². The summed E-state index contributed by atoms with van der Waals surface area (Å²) < 4.78 is 26.4. The first-order valence-electron chi connectivity index (χ1n) is 9.83. The number of hydrogen-bond donors (Lipinski definition) is 1. The molecule has 0 aliphatic heterocycles. The van der Waals surface area contributed by atoms with E-state index in [0.717, 1.165) is 17.9 Å². The monoisotopic (exact) mass is 398 g/mol. The van der Waals surface area contributed by atoms with Gasteiger partial charge in [-0.3, -0.25) is 9.10 Å². The van der Waals surface area contributed by atoms with E-state index in [1.807, 2.05) is 30.3 Å². The summed E-state index contributed by atoms with van der Waals surface area (Å²) in [7, 11) is -3.55. The molecule has 28 heavy (non-hydrogen) atoms. The number of sulfonamides is 1. The molecule has 0 spiro atoms. The van der Waals surface area contributed by atoms with Crippen LogP contribution in [0.5, 0.6) is 0 Å². The van der Waals surface area contributed by atoms with Gasteiger partial charge in [-0.1, -0.05) is 48.9 Å². The van der Waals surface area contributed by atoms with E-state index < -0.39 is 10.0 Å². The fourth-order valence-electron chi connectivity index (χ4n) is 4.68. The Morgan fingerprint density at radius 3 is 2.39 bits per heavy atom. The van der Waals surface area contributed by atoms with Gasteiger partial charge in [0.05, 0.1) is 24.1 Å². The second kappa shape index (κ2) is 7.59. The van der Waals surface area contributed by atoms with Gasteiger partial charge in [-0.2, -0.15) is 0 Å². The summed E-state index contributed by atoms with van der Waals surface area (Å²) in [5, 5.41) is 3.18. The zero-order valence-electron chi connectivity index (χ0n) is 16.0. The Bertz CT molecular complexity index is 959. The molecule has 2 fully saturated rings. The van der Waals surface area contributed by atoms with E-state index in [0.29, 0.717) is 17.2 Å². The number of hydrogen-bond acceptors (Lipinski definition) is 3. The molecule has 2 aromatic rings. The van der Waals surface area contributed by atoms with Crippen molar-refractivity contribution in [1.82, 2.24) is 5.32 Å². The van der Waals surface area contributed by atoms with Crippen molar-refractivity contribution in [3.63, 3.8) is 0 Å². The van der Waals surface area contributed by atoms with Crippen LogP contribution in [0.2, 0.25) is 0 Å². The minimum atomic E-state index is -3.55. The maximum atomic E-state index is 13.0. The smallest absolute Gasteiger partial charge is 0.253 e. The fourth-order valence-corrected chi connectivity index (χ4v) is 5.58. The molecule has 5 nitrogen and oxygen atoms in total. The van der Waals surface area contributed by atoms with E-state index in [1.165, 1.54) is 29.8 Å². The lowest BCUT2D eigenvalue weighted by atomic mass is 9.95. The number of amides is 1. The third-order valence-corrected chi connectivity index (χ3v) is 7.17. The van der Waals surface area contributed by atoms with Gasteiger partial charge in [-0.05, 0) is 48.8 Å². The first-order valence-corrected chi connectivity index (χ1v) is 11.7. The second-order valence-electron chi connectivity index (χ2n) is 8.03. The molecule has 1 N–H and O–H groups in total. The van der Waals surface area contributed by atoms with Gasteiger partial charge in [0.2, 0.25) is 10.0 Å². The Balaban J connectivity index is 1.62. The van der Waals surface area contributed by atoms with Crippen LogP contribution in [-0.4, -0.2) is 26.6 Å². The van der Waals surface area contributed by atoms with E-state index >= 15 is 0 Å². The number of para-hydroxylation sites is 1. The first-order chi connectivity index (χ1) is 13.4. The molecule has 0 unspecified atom stereocenters. The normalized spacial score (nSPS) is 23.5. The average molecular weight is 399 g/mol. The third-order valence-electron chi connectivity index (χ3n) is 6.04. The highest BCUT2D eigenvalue weighted by atomic mass is 32.2. The molecular formula is C22H26N2O3S. The van der Waals surface area contributed by atoms with Gasteiger partial charge >= 0.3 is 0 Å². The summed E-state index contributed by atoms with van der Waals surface area (Å²) in [6.07, 6.45) is 5.88. The van der Waals surface area contributed by atoms with Crippen LogP contribution in [0.1, 0.15) is 41.6 Å². The molecule has 1 amide bonds. The van der Waals surface area contributed by atoms with Crippen molar-refractivity contribution in [3.05, 3.63) is 65.7 Å². The van der Waals surface area contributed by atoms with Crippen LogP contribution in [-0.2, 0) is 16.6 Å². The average Bonchev–Trinajstić information content (AvgIpc) is 3.29. The van der Waals surface area contributed by atoms with E-state index in [9.17, 15) is 13.2 Å². The van der Waals surface area contributed by atoms with Gasteiger partial charge in [0, 0.05) is 6.04 Å². The Kier molecular flexibility index (Phi) is 5.15. The summed E-state index contributed by atoms with van der Waals surface area (Å²) in [6, 6.07) is 16.6. The lowest BCUT2D eigenvalue weighted by Crippen LogP contribution is -2.39. The zero-order chi connectivity index (χ0) is 19.7. The molecule has 2 aliphatic carbocycles. The molecule has 4 rings (SSSR count). The minimum absolute atomic E-state index is 0.185. The Labute approximate surface area is 166 Å². The SMILES string of the molecule is CS(=O)(=O)N(Cc1ccccc1)c1ccccc1C(=O)N[C@@H]1C[C@H]2CC[C@@H]1C2. The minimum Gasteiger partial charge on any atom is -0.349 e. The van der Waals surface area contributed by atoms with E-state index in [1.54, 1.807) is 24.3 Å². The summed E-state index contributed by atoms with van der Waals surface area (Å²) in [5.41, 5.74) is 1.71. The molecule has 2 aromatic carbocycles. The fraction of sp³-hybridized carbons (Fsp3) is 0.409.